The highest BCUT2D eigenvalue weighted by molar-refractivity contribution is 5.80. The zero-order valence-electron chi connectivity index (χ0n) is 15.6. The lowest BCUT2D eigenvalue weighted by atomic mass is 9.95. The Balaban J connectivity index is 1.50. The number of hydrogen-bond acceptors (Lipinski definition) is 5. The molecule has 0 radical (unpaired) electrons. The van der Waals surface area contributed by atoms with Crippen LogP contribution in [0.2, 0.25) is 0 Å². The molecule has 0 spiro atoms. The molecule has 0 aliphatic carbocycles. The van der Waals surface area contributed by atoms with Gasteiger partial charge in [-0.2, -0.15) is 0 Å². The minimum Gasteiger partial charge on any atom is -0.339 e. The highest BCUT2D eigenvalue weighted by Crippen LogP contribution is 2.30. The standard InChI is InChI=1S/C21H21FN4O2/c1-13(15-8-9-16(17(22)10-15)14-6-4-3-5-7-14)18-11-20(28-25-18)24-21-23-19(27)12-26(21)2/h3-11,13,21,24H,12H2,1-2H3,(H,23,27). The fraction of sp³-hybridized carbons (Fsp3) is 0.238. The van der Waals surface area contributed by atoms with Crippen LogP contribution in [0.1, 0.15) is 24.1 Å². The largest absolute Gasteiger partial charge is 0.339 e. The second-order valence-electron chi connectivity index (χ2n) is 6.97. The van der Waals surface area contributed by atoms with Gasteiger partial charge in [-0.25, -0.2) is 4.39 Å². The van der Waals surface area contributed by atoms with Crippen molar-refractivity contribution in [1.82, 2.24) is 15.4 Å². The van der Waals surface area contributed by atoms with Crippen LogP contribution in [0.3, 0.4) is 0 Å². The van der Waals surface area contributed by atoms with E-state index >= 15 is 0 Å². The first-order chi connectivity index (χ1) is 13.5. The molecule has 4 rings (SSSR count). The first-order valence-corrected chi connectivity index (χ1v) is 9.09. The number of rotatable bonds is 5. The van der Waals surface area contributed by atoms with Gasteiger partial charge in [-0.05, 0) is 24.2 Å². The molecule has 6 nitrogen and oxygen atoms in total. The van der Waals surface area contributed by atoms with Crippen molar-refractivity contribution in [2.75, 3.05) is 18.9 Å². The molecule has 28 heavy (non-hydrogen) atoms. The number of carbonyl (C=O) groups is 1. The van der Waals surface area contributed by atoms with E-state index in [0.717, 1.165) is 11.1 Å². The van der Waals surface area contributed by atoms with Gasteiger partial charge in [0, 0.05) is 17.5 Å². The van der Waals surface area contributed by atoms with Gasteiger partial charge in [0.25, 0.3) is 0 Å². The first kappa shape index (κ1) is 18.2. The van der Waals surface area contributed by atoms with Gasteiger partial charge in [0.2, 0.25) is 11.8 Å². The lowest BCUT2D eigenvalue weighted by molar-refractivity contribution is -0.118. The van der Waals surface area contributed by atoms with Crippen molar-refractivity contribution in [1.29, 1.82) is 0 Å². The van der Waals surface area contributed by atoms with Gasteiger partial charge in [-0.1, -0.05) is 54.5 Å². The summed E-state index contributed by atoms with van der Waals surface area (Å²) in [4.78, 5) is 13.3. The summed E-state index contributed by atoms with van der Waals surface area (Å²) in [6.07, 6.45) is -0.341. The van der Waals surface area contributed by atoms with Crippen molar-refractivity contribution in [3.8, 4) is 11.1 Å². The summed E-state index contributed by atoms with van der Waals surface area (Å²) in [6.45, 7) is 2.27. The van der Waals surface area contributed by atoms with Crippen LogP contribution in [0.25, 0.3) is 11.1 Å². The monoisotopic (exact) mass is 380 g/mol. The van der Waals surface area contributed by atoms with E-state index in [9.17, 15) is 9.18 Å². The number of hydrogen-bond donors (Lipinski definition) is 2. The third kappa shape index (κ3) is 3.61. The van der Waals surface area contributed by atoms with Crippen LogP contribution in [0.15, 0.2) is 59.1 Å². The molecule has 1 aliphatic heterocycles. The topological polar surface area (TPSA) is 70.4 Å². The summed E-state index contributed by atoms with van der Waals surface area (Å²) in [5.74, 6) is -0.0217. The Labute approximate surface area is 162 Å². The molecule has 2 N–H and O–H groups in total. The Kier molecular flexibility index (Phi) is 4.83. The lowest BCUT2D eigenvalue weighted by Gasteiger charge is -2.18. The average molecular weight is 380 g/mol. The second-order valence-corrected chi connectivity index (χ2v) is 6.97. The molecule has 2 heterocycles. The summed E-state index contributed by atoms with van der Waals surface area (Å²) >= 11 is 0. The number of anilines is 1. The second kappa shape index (κ2) is 7.44. The molecule has 7 heteroatoms. The van der Waals surface area contributed by atoms with Gasteiger partial charge in [-0.3, -0.25) is 9.69 Å². The van der Waals surface area contributed by atoms with Gasteiger partial charge in [0.1, 0.15) is 5.82 Å². The average Bonchev–Trinajstić information content (AvgIpc) is 3.28. The third-order valence-electron chi connectivity index (χ3n) is 4.96. The molecule has 2 atom stereocenters. The fourth-order valence-electron chi connectivity index (χ4n) is 3.29. The van der Waals surface area contributed by atoms with E-state index in [1.54, 1.807) is 18.2 Å². The summed E-state index contributed by atoms with van der Waals surface area (Å²) < 4.78 is 20.0. The zero-order valence-corrected chi connectivity index (χ0v) is 15.6. The number of benzene rings is 2. The molecule has 2 unspecified atom stereocenters. The van der Waals surface area contributed by atoms with Crippen molar-refractivity contribution in [3.63, 3.8) is 0 Å². The zero-order chi connectivity index (χ0) is 19.7. The highest BCUT2D eigenvalue weighted by Gasteiger charge is 2.27. The molecular formula is C21H21FN4O2. The van der Waals surface area contributed by atoms with Gasteiger partial charge in [0.05, 0.1) is 12.2 Å². The van der Waals surface area contributed by atoms with Crippen molar-refractivity contribution in [3.05, 3.63) is 71.7 Å². The van der Waals surface area contributed by atoms with Gasteiger partial charge < -0.3 is 15.2 Å². The molecule has 1 fully saturated rings. The lowest BCUT2D eigenvalue weighted by Crippen LogP contribution is -2.40. The van der Waals surface area contributed by atoms with Crippen LogP contribution in [-0.2, 0) is 4.79 Å². The Bertz CT molecular complexity index is 989. The maximum absolute atomic E-state index is 14.7. The van der Waals surface area contributed by atoms with Crippen LogP contribution in [-0.4, -0.2) is 35.8 Å². The van der Waals surface area contributed by atoms with Crippen LogP contribution < -0.4 is 10.6 Å². The van der Waals surface area contributed by atoms with Crippen molar-refractivity contribution < 1.29 is 13.7 Å². The third-order valence-corrected chi connectivity index (χ3v) is 4.96. The molecule has 0 saturated carbocycles. The first-order valence-electron chi connectivity index (χ1n) is 9.09. The fourth-order valence-corrected chi connectivity index (χ4v) is 3.29. The SMILES string of the molecule is CC(c1ccc(-c2ccccc2)c(F)c1)c1cc(NC2NC(=O)CN2C)on1. The maximum Gasteiger partial charge on any atom is 0.236 e. The van der Waals surface area contributed by atoms with E-state index in [4.69, 9.17) is 4.52 Å². The summed E-state index contributed by atoms with van der Waals surface area (Å²) in [5.41, 5.74) is 2.90. The van der Waals surface area contributed by atoms with Crippen molar-refractivity contribution >= 4 is 11.8 Å². The molecule has 1 aliphatic rings. The normalized spacial score (nSPS) is 18.1. The van der Waals surface area contributed by atoms with E-state index < -0.39 is 0 Å². The quantitative estimate of drug-likeness (QED) is 0.710. The minimum atomic E-state index is -0.341. The van der Waals surface area contributed by atoms with Crippen molar-refractivity contribution in [2.24, 2.45) is 0 Å². The maximum atomic E-state index is 14.7. The van der Waals surface area contributed by atoms with Crippen LogP contribution in [0.4, 0.5) is 10.3 Å². The molecule has 1 aromatic heterocycles. The molecule has 144 valence electrons. The minimum absolute atomic E-state index is 0.0536. The summed E-state index contributed by atoms with van der Waals surface area (Å²) in [7, 11) is 1.83. The molecule has 0 bridgehead atoms. The highest BCUT2D eigenvalue weighted by atomic mass is 19.1. The Morgan fingerprint density at radius 2 is 2.04 bits per heavy atom. The molecule has 3 aromatic rings. The van der Waals surface area contributed by atoms with Crippen molar-refractivity contribution in [2.45, 2.75) is 19.1 Å². The molecular weight excluding hydrogens is 359 g/mol. The van der Waals surface area contributed by atoms with E-state index in [0.29, 0.717) is 23.7 Å². The number of amides is 1. The molecule has 1 amide bonds. The van der Waals surface area contributed by atoms with Crippen LogP contribution in [0.5, 0.6) is 0 Å². The predicted molar refractivity (Wildman–Crippen MR) is 104 cm³/mol. The number of aromatic nitrogens is 1. The van der Waals surface area contributed by atoms with Gasteiger partial charge in [0.15, 0.2) is 6.29 Å². The Morgan fingerprint density at radius 3 is 2.71 bits per heavy atom. The number of likely N-dealkylation sites (N-methyl/N-ethyl adjacent to an activating group) is 1. The number of nitrogens with zero attached hydrogens (tertiary/aromatic N) is 2. The predicted octanol–water partition coefficient (Wildman–Crippen LogP) is 3.39. The summed E-state index contributed by atoms with van der Waals surface area (Å²) in [6, 6.07) is 16.5. The smallest absolute Gasteiger partial charge is 0.236 e. The van der Waals surface area contributed by atoms with Gasteiger partial charge in [-0.15, -0.1) is 0 Å². The van der Waals surface area contributed by atoms with E-state index in [2.05, 4.69) is 15.8 Å². The van der Waals surface area contributed by atoms with Gasteiger partial charge >= 0.3 is 0 Å². The van der Waals surface area contributed by atoms with E-state index in [1.165, 1.54) is 0 Å². The number of nitrogens with one attached hydrogen (secondary N) is 2. The van der Waals surface area contributed by atoms with Crippen LogP contribution >= 0.6 is 0 Å². The number of carbonyl (C=O) groups excluding carboxylic acids is 1. The van der Waals surface area contributed by atoms with Crippen LogP contribution in [0, 0.1) is 5.82 Å². The Hall–Kier alpha value is -3.19. The van der Waals surface area contributed by atoms with E-state index in [1.807, 2.05) is 55.3 Å². The Morgan fingerprint density at radius 1 is 1.25 bits per heavy atom. The molecule has 2 aromatic carbocycles. The number of halogens is 1. The summed E-state index contributed by atoms with van der Waals surface area (Å²) in [5, 5.41) is 9.97. The molecule has 1 saturated heterocycles. The van der Waals surface area contributed by atoms with E-state index in [-0.39, 0.29) is 23.9 Å².